The van der Waals surface area contributed by atoms with E-state index in [1.165, 1.54) is 33.3 Å². The molecule has 6 nitrogen and oxygen atoms in total. The Morgan fingerprint density at radius 1 is 0.750 bits per heavy atom. The van der Waals surface area contributed by atoms with E-state index in [1.807, 2.05) is 38.1 Å². The van der Waals surface area contributed by atoms with Crippen LogP contribution < -0.4 is 19.3 Å². The normalized spacial score (nSPS) is 20.9. The van der Waals surface area contributed by atoms with Crippen molar-refractivity contribution < 1.29 is 19.1 Å². The van der Waals surface area contributed by atoms with Gasteiger partial charge in [0.25, 0.3) is 0 Å². The van der Waals surface area contributed by atoms with Crippen LogP contribution in [0.25, 0.3) is 0 Å². The van der Waals surface area contributed by atoms with Crippen LogP contribution in [-0.2, 0) is 9.59 Å². The Labute approximate surface area is 205 Å². The van der Waals surface area contributed by atoms with E-state index in [-0.39, 0.29) is 11.8 Å². The average molecular weight is 505 g/mol. The Morgan fingerprint density at radius 2 is 1.12 bits per heavy atom. The highest BCUT2D eigenvalue weighted by molar-refractivity contribution is 8.28. The number of nitrogens with zero attached hydrogens (tertiary/aromatic N) is 2. The first-order valence-corrected chi connectivity index (χ1v) is 12.6. The summed E-state index contributed by atoms with van der Waals surface area (Å²) in [5, 5.41) is -1.37. The van der Waals surface area contributed by atoms with Gasteiger partial charge in [0.2, 0.25) is 11.8 Å². The predicted octanol–water partition coefficient (Wildman–Crippen LogP) is 4.65. The van der Waals surface area contributed by atoms with Crippen LogP contribution in [0.1, 0.15) is 13.8 Å². The number of para-hydroxylation sites is 4. The van der Waals surface area contributed by atoms with Crippen LogP contribution in [0.3, 0.4) is 0 Å². The minimum absolute atomic E-state index is 0.249. The fraction of sp³-hybridized carbons (Fsp3) is 0.273. The highest BCUT2D eigenvalue weighted by atomic mass is 32.2. The number of carbonyl (C=O) groups excluding carboxylic acids is 2. The Morgan fingerprint density at radius 3 is 1.50 bits per heavy atom. The molecule has 4 rings (SSSR count). The minimum Gasteiger partial charge on any atom is -0.492 e. The van der Waals surface area contributed by atoms with Gasteiger partial charge in [-0.15, -0.1) is 0 Å². The Balaban J connectivity index is 1.62. The van der Waals surface area contributed by atoms with E-state index < -0.39 is 10.5 Å². The zero-order valence-corrected chi connectivity index (χ0v) is 20.6. The van der Waals surface area contributed by atoms with Gasteiger partial charge in [0, 0.05) is 0 Å². The van der Waals surface area contributed by atoms with Gasteiger partial charge in [-0.1, -0.05) is 72.2 Å². The van der Waals surface area contributed by atoms with Crippen molar-refractivity contribution in [2.45, 2.75) is 24.3 Å². The lowest BCUT2D eigenvalue weighted by atomic mass is 10.2. The van der Waals surface area contributed by atoms with Crippen LogP contribution in [0.2, 0.25) is 0 Å². The number of carbonyl (C=O) groups is 2. The van der Waals surface area contributed by atoms with Gasteiger partial charge in [-0.3, -0.25) is 19.4 Å². The molecule has 2 atom stereocenters. The molecule has 2 aromatic rings. The van der Waals surface area contributed by atoms with Crippen LogP contribution in [0, 0.1) is 0 Å². The van der Waals surface area contributed by atoms with Crippen molar-refractivity contribution in [1.82, 2.24) is 0 Å². The number of rotatable bonds is 7. The van der Waals surface area contributed by atoms with E-state index in [2.05, 4.69) is 0 Å². The van der Waals surface area contributed by atoms with Crippen LogP contribution in [0.5, 0.6) is 11.5 Å². The summed E-state index contributed by atoms with van der Waals surface area (Å²) in [5.41, 5.74) is 1.16. The molecule has 2 aliphatic rings. The van der Waals surface area contributed by atoms with Gasteiger partial charge in [-0.25, -0.2) is 0 Å². The summed E-state index contributed by atoms with van der Waals surface area (Å²) < 4.78 is 12.1. The summed E-state index contributed by atoms with van der Waals surface area (Å²) in [5.74, 6) is 0.641. The molecule has 0 aliphatic carbocycles. The van der Waals surface area contributed by atoms with Gasteiger partial charge in [0.15, 0.2) is 0 Å². The molecule has 0 spiro atoms. The summed E-state index contributed by atoms with van der Waals surface area (Å²) in [6.07, 6.45) is 0. The van der Waals surface area contributed by atoms with Gasteiger partial charge < -0.3 is 9.47 Å². The van der Waals surface area contributed by atoms with Gasteiger partial charge in [0.05, 0.1) is 24.6 Å². The van der Waals surface area contributed by atoms with Crippen molar-refractivity contribution >= 4 is 79.8 Å². The number of hydrogen-bond acceptors (Lipinski definition) is 8. The Hall–Kier alpha value is -2.14. The number of benzene rings is 2. The zero-order chi connectivity index (χ0) is 22.8. The van der Waals surface area contributed by atoms with Gasteiger partial charge >= 0.3 is 0 Å². The first-order valence-electron chi connectivity index (χ1n) is 10.0. The molecule has 2 aliphatic heterocycles. The molecule has 32 heavy (non-hydrogen) atoms. The van der Waals surface area contributed by atoms with Crippen molar-refractivity contribution in [2.75, 3.05) is 23.0 Å². The quantitative estimate of drug-likeness (QED) is 0.505. The summed E-state index contributed by atoms with van der Waals surface area (Å²) in [6.45, 7) is 4.67. The molecule has 2 saturated heterocycles. The molecule has 0 radical (unpaired) electrons. The van der Waals surface area contributed by atoms with Gasteiger partial charge in [-0.2, -0.15) is 0 Å². The van der Waals surface area contributed by atoms with E-state index in [1.54, 1.807) is 24.3 Å². The van der Waals surface area contributed by atoms with E-state index >= 15 is 0 Å². The maximum Gasteiger partial charge on any atom is 0.247 e. The second-order valence-corrected chi connectivity index (χ2v) is 10.3. The molecule has 166 valence electrons. The highest BCUT2D eigenvalue weighted by Gasteiger charge is 2.52. The second kappa shape index (κ2) is 9.78. The topological polar surface area (TPSA) is 59.1 Å². The molecular formula is C22H20N2O4S4. The second-order valence-electron chi connectivity index (χ2n) is 6.76. The first kappa shape index (κ1) is 23.0. The number of ether oxygens (including phenoxy) is 2. The summed E-state index contributed by atoms with van der Waals surface area (Å²) in [7, 11) is 0. The lowest BCUT2D eigenvalue weighted by molar-refractivity contribution is -0.121. The molecule has 10 heteroatoms. The van der Waals surface area contributed by atoms with E-state index in [0.717, 1.165) is 0 Å². The fourth-order valence-corrected chi connectivity index (χ4v) is 6.76. The average Bonchev–Trinajstić information content (AvgIpc) is 3.24. The third-order valence-corrected chi connectivity index (χ3v) is 8.17. The molecule has 2 aromatic carbocycles. The lowest BCUT2D eigenvalue weighted by Crippen LogP contribution is -2.40. The van der Waals surface area contributed by atoms with Crippen LogP contribution in [0.15, 0.2) is 48.5 Å². The first-order chi connectivity index (χ1) is 15.5. The summed E-state index contributed by atoms with van der Waals surface area (Å²) in [4.78, 5) is 29.8. The molecule has 2 amide bonds. The van der Waals surface area contributed by atoms with E-state index in [0.29, 0.717) is 44.7 Å². The summed E-state index contributed by atoms with van der Waals surface area (Å²) in [6, 6.07) is 14.5. The number of thiocarbonyl (C=S) groups is 2. The molecule has 0 bridgehead atoms. The number of hydrogen-bond donors (Lipinski definition) is 0. The number of amides is 2. The van der Waals surface area contributed by atoms with Crippen LogP contribution in [-0.4, -0.2) is 44.2 Å². The van der Waals surface area contributed by atoms with Crippen molar-refractivity contribution in [3.63, 3.8) is 0 Å². The Bertz CT molecular complexity index is 1010. The Kier molecular flexibility index (Phi) is 7.04. The standard InChI is InChI=1S/C22H20N2O4S4/c1-3-27-15-11-7-5-9-13(15)23-19(25)17(31-21(23)29)18-20(26)24(22(30)32-18)14-10-6-8-12-16(14)28-4-2/h5-12,17-18H,3-4H2,1-2H3/t17-,18+. The number of thioether (sulfide) groups is 2. The molecule has 0 saturated carbocycles. The number of anilines is 2. The van der Waals surface area contributed by atoms with Crippen molar-refractivity contribution in [1.29, 1.82) is 0 Å². The SMILES string of the molecule is CCOc1ccccc1N1C(=O)[C@H]([C@H]2SC(=S)N(c3ccccc3OCC)C2=O)SC1=S. The third kappa shape index (κ3) is 4.12. The lowest BCUT2D eigenvalue weighted by Gasteiger charge is -2.21. The van der Waals surface area contributed by atoms with E-state index in [9.17, 15) is 9.59 Å². The molecule has 2 heterocycles. The zero-order valence-electron chi connectivity index (χ0n) is 17.3. The van der Waals surface area contributed by atoms with Crippen LogP contribution in [0.4, 0.5) is 11.4 Å². The molecule has 2 fully saturated rings. The van der Waals surface area contributed by atoms with Crippen molar-refractivity contribution in [3.05, 3.63) is 48.5 Å². The molecule has 0 N–H and O–H groups in total. The van der Waals surface area contributed by atoms with Gasteiger partial charge in [-0.05, 0) is 38.1 Å². The monoisotopic (exact) mass is 504 g/mol. The largest absolute Gasteiger partial charge is 0.492 e. The maximum atomic E-state index is 13.4. The predicted molar refractivity (Wildman–Crippen MR) is 138 cm³/mol. The van der Waals surface area contributed by atoms with E-state index in [4.69, 9.17) is 33.9 Å². The molecule has 0 unspecified atom stereocenters. The van der Waals surface area contributed by atoms with Gasteiger partial charge in [0.1, 0.15) is 30.6 Å². The molecule has 0 aromatic heterocycles. The fourth-order valence-electron chi connectivity index (χ4n) is 3.51. The minimum atomic E-state index is -0.683. The third-order valence-electron chi connectivity index (χ3n) is 4.84. The maximum absolute atomic E-state index is 13.4. The summed E-state index contributed by atoms with van der Waals surface area (Å²) >= 11 is 13.5. The highest BCUT2D eigenvalue weighted by Crippen LogP contribution is 2.45. The smallest absolute Gasteiger partial charge is 0.247 e. The van der Waals surface area contributed by atoms with Crippen molar-refractivity contribution in [2.24, 2.45) is 0 Å². The van der Waals surface area contributed by atoms with Crippen molar-refractivity contribution in [3.8, 4) is 11.5 Å². The molecular weight excluding hydrogens is 485 g/mol. The van der Waals surface area contributed by atoms with Crippen LogP contribution >= 0.6 is 48.0 Å².